The SMILES string of the molecule is O=C1CC[C@@H](Cn2cc3cc(Oc4ccc(-c5ccn[nH]5)cc4)ccc3n2)N1. The smallest absolute Gasteiger partial charge is 0.220 e. The molecule has 1 amide bonds. The minimum absolute atomic E-state index is 0.121. The first kappa shape index (κ1) is 16.6. The van der Waals surface area contributed by atoms with Crippen LogP contribution in [-0.4, -0.2) is 31.9 Å². The number of nitrogens with one attached hydrogen (secondary N) is 2. The van der Waals surface area contributed by atoms with Crippen molar-refractivity contribution in [3.8, 4) is 22.8 Å². The Kier molecular flexibility index (Phi) is 4.05. The first-order valence-electron chi connectivity index (χ1n) is 9.27. The van der Waals surface area contributed by atoms with E-state index in [1.54, 1.807) is 6.20 Å². The summed E-state index contributed by atoms with van der Waals surface area (Å²) in [5, 5.41) is 15.5. The molecule has 0 spiro atoms. The second-order valence-electron chi connectivity index (χ2n) is 6.97. The number of fused-ring (bicyclic) bond motifs is 1. The van der Waals surface area contributed by atoms with E-state index in [0.29, 0.717) is 13.0 Å². The summed E-state index contributed by atoms with van der Waals surface area (Å²) < 4.78 is 7.89. The van der Waals surface area contributed by atoms with Crippen LogP contribution in [0.4, 0.5) is 0 Å². The highest BCUT2D eigenvalue weighted by molar-refractivity contribution is 5.80. The molecule has 2 N–H and O–H groups in total. The van der Waals surface area contributed by atoms with E-state index in [2.05, 4.69) is 20.6 Å². The highest BCUT2D eigenvalue weighted by atomic mass is 16.5. The Hall–Kier alpha value is -3.61. The summed E-state index contributed by atoms with van der Waals surface area (Å²) >= 11 is 0. The number of rotatable bonds is 5. The lowest BCUT2D eigenvalue weighted by molar-refractivity contribution is -0.119. The van der Waals surface area contributed by atoms with E-state index in [1.165, 1.54) is 0 Å². The number of hydrogen-bond acceptors (Lipinski definition) is 4. The number of carbonyl (C=O) groups excluding carboxylic acids is 1. The number of aromatic nitrogens is 4. The summed E-state index contributed by atoms with van der Waals surface area (Å²) in [6, 6.07) is 15.8. The predicted octanol–water partition coefficient (Wildman–Crippen LogP) is 3.50. The highest BCUT2D eigenvalue weighted by Crippen LogP contribution is 2.27. The zero-order valence-corrected chi connectivity index (χ0v) is 15.1. The van der Waals surface area contributed by atoms with Crippen LogP contribution in [0.1, 0.15) is 12.8 Å². The summed E-state index contributed by atoms with van der Waals surface area (Å²) in [7, 11) is 0. The van der Waals surface area contributed by atoms with Crippen LogP contribution in [0, 0.1) is 0 Å². The van der Waals surface area contributed by atoms with Gasteiger partial charge >= 0.3 is 0 Å². The molecule has 28 heavy (non-hydrogen) atoms. The van der Waals surface area contributed by atoms with Gasteiger partial charge in [0.05, 0.1) is 17.8 Å². The number of ether oxygens (including phenoxy) is 1. The number of carbonyl (C=O) groups is 1. The van der Waals surface area contributed by atoms with Gasteiger partial charge in [-0.2, -0.15) is 10.2 Å². The fourth-order valence-corrected chi connectivity index (χ4v) is 3.51. The van der Waals surface area contributed by atoms with Crippen LogP contribution in [0.25, 0.3) is 22.2 Å². The van der Waals surface area contributed by atoms with Gasteiger partial charge in [0.15, 0.2) is 0 Å². The fraction of sp³-hybridized carbons (Fsp3) is 0.190. The average molecular weight is 373 g/mol. The average Bonchev–Trinajstić information content (AvgIpc) is 3.43. The standard InChI is InChI=1S/C21H19N5O2/c27-21-8-3-16(23-21)13-26-12-15-11-18(6-7-20(15)25-26)28-17-4-1-14(2-5-17)19-9-10-22-24-19/h1-2,4-7,9-12,16H,3,8,13H2,(H,22,24)(H,23,27)/t16-/m0/s1. The second-order valence-corrected chi connectivity index (χ2v) is 6.97. The first-order valence-corrected chi connectivity index (χ1v) is 9.27. The minimum atomic E-state index is 0.121. The van der Waals surface area contributed by atoms with Gasteiger partial charge in [-0.15, -0.1) is 0 Å². The number of amides is 1. The predicted molar refractivity (Wildman–Crippen MR) is 105 cm³/mol. The molecule has 2 aromatic carbocycles. The first-order chi connectivity index (χ1) is 13.7. The van der Waals surface area contributed by atoms with Crippen molar-refractivity contribution in [2.45, 2.75) is 25.4 Å². The molecule has 2 aromatic heterocycles. The van der Waals surface area contributed by atoms with E-state index in [-0.39, 0.29) is 11.9 Å². The summed E-state index contributed by atoms with van der Waals surface area (Å²) in [4.78, 5) is 11.4. The van der Waals surface area contributed by atoms with Crippen LogP contribution < -0.4 is 10.1 Å². The largest absolute Gasteiger partial charge is 0.457 e. The van der Waals surface area contributed by atoms with Crippen LogP contribution >= 0.6 is 0 Å². The van der Waals surface area contributed by atoms with Gasteiger partial charge in [0.25, 0.3) is 0 Å². The fourth-order valence-electron chi connectivity index (χ4n) is 3.51. The maximum absolute atomic E-state index is 11.4. The van der Waals surface area contributed by atoms with Gasteiger partial charge in [0.1, 0.15) is 11.5 Å². The monoisotopic (exact) mass is 373 g/mol. The van der Waals surface area contributed by atoms with Crippen molar-refractivity contribution in [1.29, 1.82) is 0 Å². The van der Waals surface area contributed by atoms with Crippen molar-refractivity contribution in [2.24, 2.45) is 0 Å². The summed E-state index contributed by atoms with van der Waals surface area (Å²) in [6.07, 6.45) is 5.18. The molecule has 5 rings (SSSR count). The molecule has 1 atom stereocenters. The van der Waals surface area contributed by atoms with E-state index in [4.69, 9.17) is 4.74 Å². The van der Waals surface area contributed by atoms with Crippen molar-refractivity contribution in [3.05, 3.63) is 60.9 Å². The zero-order chi connectivity index (χ0) is 18.9. The van der Waals surface area contributed by atoms with Gasteiger partial charge in [-0.3, -0.25) is 14.6 Å². The molecule has 1 aliphatic rings. The minimum Gasteiger partial charge on any atom is -0.457 e. The quantitative estimate of drug-likeness (QED) is 0.561. The molecule has 7 heteroatoms. The lowest BCUT2D eigenvalue weighted by atomic mass is 10.1. The topological polar surface area (TPSA) is 84.8 Å². The van der Waals surface area contributed by atoms with Crippen molar-refractivity contribution >= 4 is 16.8 Å². The molecular weight excluding hydrogens is 354 g/mol. The summed E-state index contributed by atoms with van der Waals surface area (Å²) in [5.41, 5.74) is 2.94. The van der Waals surface area contributed by atoms with Gasteiger partial charge in [0, 0.05) is 30.2 Å². The molecule has 3 heterocycles. The van der Waals surface area contributed by atoms with E-state index in [9.17, 15) is 4.79 Å². The Morgan fingerprint density at radius 1 is 1.11 bits per heavy atom. The van der Waals surface area contributed by atoms with Crippen molar-refractivity contribution in [2.75, 3.05) is 0 Å². The van der Waals surface area contributed by atoms with E-state index in [1.807, 2.05) is 59.4 Å². The molecule has 1 fully saturated rings. The number of hydrogen-bond donors (Lipinski definition) is 2. The van der Waals surface area contributed by atoms with E-state index < -0.39 is 0 Å². The lowest BCUT2D eigenvalue weighted by Gasteiger charge is -2.08. The van der Waals surface area contributed by atoms with Crippen LogP contribution in [-0.2, 0) is 11.3 Å². The molecule has 0 bridgehead atoms. The Morgan fingerprint density at radius 3 is 2.71 bits per heavy atom. The van der Waals surface area contributed by atoms with Gasteiger partial charge in [-0.25, -0.2) is 0 Å². The number of aromatic amines is 1. The molecule has 1 saturated heterocycles. The molecule has 1 aliphatic heterocycles. The van der Waals surface area contributed by atoms with Gasteiger partial charge in [0.2, 0.25) is 5.91 Å². The van der Waals surface area contributed by atoms with Crippen molar-refractivity contribution in [3.63, 3.8) is 0 Å². The second kappa shape index (κ2) is 6.84. The lowest BCUT2D eigenvalue weighted by Crippen LogP contribution is -2.29. The maximum atomic E-state index is 11.4. The highest BCUT2D eigenvalue weighted by Gasteiger charge is 2.21. The van der Waals surface area contributed by atoms with Crippen molar-refractivity contribution in [1.82, 2.24) is 25.3 Å². The molecule has 0 radical (unpaired) electrons. The molecule has 4 aromatic rings. The van der Waals surface area contributed by atoms with Crippen LogP contribution in [0.3, 0.4) is 0 Å². The van der Waals surface area contributed by atoms with Crippen LogP contribution in [0.5, 0.6) is 11.5 Å². The van der Waals surface area contributed by atoms with Crippen molar-refractivity contribution < 1.29 is 9.53 Å². The van der Waals surface area contributed by atoms with Crippen LogP contribution in [0.2, 0.25) is 0 Å². The Bertz CT molecular complexity index is 1120. The van der Waals surface area contributed by atoms with Crippen LogP contribution in [0.15, 0.2) is 60.9 Å². The molecule has 0 aliphatic carbocycles. The molecular formula is C21H19N5O2. The number of benzene rings is 2. The normalized spacial score (nSPS) is 16.4. The van der Waals surface area contributed by atoms with Gasteiger partial charge in [-0.05, 0) is 60.5 Å². The third-order valence-corrected chi connectivity index (χ3v) is 4.92. The zero-order valence-electron chi connectivity index (χ0n) is 15.1. The van der Waals surface area contributed by atoms with E-state index in [0.717, 1.165) is 40.1 Å². The molecule has 0 unspecified atom stereocenters. The molecule has 140 valence electrons. The number of nitrogens with zero attached hydrogens (tertiary/aromatic N) is 3. The van der Waals surface area contributed by atoms with Gasteiger partial charge < -0.3 is 10.1 Å². The molecule has 7 nitrogen and oxygen atoms in total. The summed E-state index contributed by atoms with van der Waals surface area (Å²) in [6.45, 7) is 0.686. The van der Waals surface area contributed by atoms with E-state index >= 15 is 0 Å². The Morgan fingerprint density at radius 2 is 1.96 bits per heavy atom. The molecule has 0 saturated carbocycles. The Balaban J connectivity index is 1.31. The maximum Gasteiger partial charge on any atom is 0.220 e. The van der Waals surface area contributed by atoms with Gasteiger partial charge in [-0.1, -0.05) is 0 Å². The third kappa shape index (κ3) is 3.34. The third-order valence-electron chi connectivity index (χ3n) is 4.92. The number of H-pyrrole nitrogens is 1. The Labute approximate surface area is 161 Å². The summed E-state index contributed by atoms with van der Waals surface area (Å²) in [5.74, 6) is 1.65.